The Hall–Kier alpha value is -1.49. The molecule has 108 valence electrons. The molecule has 1 aromatic rings. The number of fused-ring (bicyclic) bond motifs is 1. The van der Waals surface area contributed by atoms with E-state index in [0.717, 1.165) is 23.3 Å². The number of carbonyl (C=O) groups excluding carboxylic acids is 2. The first-order valence-corrected chi connectivity index (χ1v) is 7.68. The lowest BCUT2D eigenvalue weighted by molar-refractivity contribution is -0.141. The molecule has 1 unspecified atom stereocenters. The predicted octanol–water partition coefficient (Wildman–Crippen LogP) is 2.92. The van der Waals surface area contributed by atoms with E-state index in [9.17, 15) is 9.59 Å². The van der Waals surface area contributed by atoms with Gasteiger partial charge in [0.2, 0.25) is 0 Å². The molecule has 2 rings (SSSR count). The van der Waals surface area contributed by atoms with Gasteiger partial charge in [0, 0.05) is 11.4 Å². The maximum atomic E-state index is 12.6. The molecule has 1 aromatic carbocycles. The molecule has 0 radical (unpaired) electrons. The first-order valence-electron chi connectivity index (χ1n) is 6.80. The van der Waals surface area contributed by atoms with Gasteiger partial charge in [0.1, 0.15) is 0 Å². The summed E-state index contributed by atoms with van der Waals surface area (Å²) in [7, 11) is 1.38. The largest absolute Gasteiger partial charge is 0.469 e. The molecule has 1 amide bonds. The first-order chi connectivity index (χ1) is 9.67. The Morgan fingerprint density at radius 2 is 2.15 bits per heavy atom. The minimum absolute atomic E-state index is 0.0155. The quantitative estimate of drug-likeness (QED) is 0.783. The summed E-state index contributed by atoms with van der Waals surface area (Å²) in [4.78, 5) is 26.9. The van der Waals surface area contributed by atoms with E-state index in [1.807, 2.05) is 24.3 Å². The zero-order valence-corrected chi connectivity index (χ0v) is 12.6. The van der Waals surface area contributed by atoms with Gasteiger partial charge in [0.05, 0.1) is 24.5 Å². The van der Waals surface area contributed by atoms with Gasteiger partial charge < -0.3 is 9.64 Å². The van der Waals surface area contributed by atoms with Crippen molar-refractivity contribution in [1.29, 1.82) is 0 Å². The van der Waals surface area contributed by atoms with Gasteiger partial charge in [-0.15, -0.1) is 0 Å². The highest BCUT2D eigenvalue weighted by molar-refractivity contribution is 8.00. The molecule has 0 N–H and O–H groups in total. The molecule has 0 saturated heterocycles. The molecule has 1 atom stereocenters. The Balaban J connectivity index is 2.24. The molecular weight excluding hydrogens is 274 g/mol. The summed E-state index contributed by atoms with van der Waals surface area (Å²) in [6.45, 7) is 2.77. The van der Waals surface area contributed by atoms with Crippen molar-refractivity contribution in [2.45, 2.75) is 36.5 Å². The van der Waals surface area contributed by atoms with E-state index >= 15 is 0 Å². The lowest BCUT2D eigenvalue weighted by Gasteiger charge is -2.35. The molecular formula is C15H19NO3S. The normalized spacial score (nSPS) is 17.8. The van der Waals surface area contributed by atoms with Gasteiger partial charge in [0.25, 0.3) is 5.91 Å². The van der Waals surface area contributed by atoms with Crippen molar-refractivity contribution >= 4 is 23.6 Å². The number of nitrogens with zero attached hydrogens (tertiary/aromatic N) is 1. The molecule has 1 aliphatic heterocycles. The molecule has 0 spiro atoms. The van der Waals surface area contributed by atoms with Gasteiger partial charge in [0.15, 0.2) is 0 Å². The fraction of sp³-hybridized carbons (Fsp3) is 0.467. The topological polar surface area (TPSA) is 46.6 Å². The Labute approximate surface area is 123 Å². The maximum absolute atomic E-state index is 12.6. The van der Waals surface area contributed by atoms with Crippen LogP contribution in [-0.4, -0.2) is 35.8 Å². The van der Waals surface area contributed by atoms with E-state index in [2.05, 4.69) is 6.92 Å². The number of ether oxygens (including phenoxy) is 1. The predicted molar refractivity (Wildman–Crippen MR) is 78.7 cm³/mol. The van der Waals surface area contributed by atoms with Gasteiger partial charge >= 0.3 is 5.97 Å². The van der Waals surface area contributed by atoms with Crippen LogP contribution in [0.3, 0.4) is 0 Å². The highest BCUT2D eigenvalue weighted by atomic mass is 32.2. The molecule has 4 nitrogen and oxygen atoms in total. The van der Waals surface area contributed by atoms with Crippen molar-refractivity contribution < 1.29 is 14.3 Å². The zero-order valence-electron chi connectivity index (χ0n) is 11.8. The van der Waals surface area contributed by atoms with Crippen LogP contribution >= 0.6 is 11.8 Å². The van der Waals surface area contributed by atoms with E-state index in [1.165, 1.54) is 7.11 Å². The standard InChI is InChI=1S/C15H19NO3S/c1-3-4-9-16-13(10-14(17)19-2)20-12-8-6-5-7-11(12)15(16)18/h5-8,13H,3-4,9-10H2,1-2H3. The third-order valence-corrected chi connectivity index (χ3v) is 4.61. The van der Waals surface area contributed by atoms with Crippen LogP contribution in [0.25, 0.3) is 0 Å². The fourth-order valence-corrected chi connectivity index (χ4v) is 3.47. The van der Waals surface area contributed by atoms with Crippen LogP contribution in [0, 0.1) is 0 Å². The molecule has 0 saturated carbocycles. The number of methoxy groups -OCH3 is 1. The fourth-order valence-electron chi connectivity index (χ4n) is 2.19. The molecule has 5 heteroatoms. The molecule has 0 aromatic heterocycles. The maximum Gasteiger partial charge on any atom is 0.308 e. The molecule has 1 aliphatic rings. The lowest BCUT2D eigenvalue weighted by atomic mass is 10.1. The molecule has 20 heavy (non-hydrogen) atoms. The second kappa shape index (κ2) is 6.79. The van der Waals surface area contributed by atoms with Crippen LogP contribution < -0.4 is 0 Å². The lowest BCUT2D eigenvalue weighted by Crippen LogP contribution is -2.43. The van der Waals surface area contributed by atoms with Gasteiger partial charge in [-0.1, -0.05) is 37.2 Å². The number of unbranched alkanes of at least 4 members (excludes halogenated alkanes) is 1. The Kier molecular flexibility index (Phi) is 5.06. The summed E-state index contributed by atoms with van der Waals surface area (Å²) in [5.41, 5.74) is 0.731. The van der Waals surface area contributed by atoms with Crippen molar-refractivity contribution in [3.05, 3.63) is 29.8 Å². The van der Waals surface area contributed by atoms with Crippen molar-refractivity contribution in [1.82, 2.24) is 4.90 Å². The van der Waals surface area contributed by atoms with Crippen LogP contribution in [-0.2, 0) is 9.53 Å². The summed E-state index contributed by atoms with van der Waals surface area (Å²) in [6, 6.07) is 7.56. The number of carbonyl (C=O) groups is 2. The van der Waals surface area contributed by atoms with Crippen LogP contribution in [0.2, 0.25) is 0 Å². The number of rotatable bonds is 5. The van der Waals surface area contributed by atoms with Crippen molar-refractivity contribution in [2.24, 2.45) is 0 Å². The van der Waals surface area contributed by atoms with E-state index in [1.54, 1.807) is 16.7 Å². The van der Waals surface area contributed by atoms with Crippen LogP contribution in [0.1, 0.15) is 36.5 Å². The summed E-state index contributed by atoms with van der Waals surface area (Å²) in [5, 5.41) is -0.170. The van der Waals surface area contributed by atoms with Gasteiger partial charge in [-0.25, -0.2) is 0 Å². The summed E-state index contributed by atoms with van der Waals surface area (Å²) in [6.07, 6.45) is 2.18. The molecule has 0 fully saturated rings. The minimum atomic E-state index is -0.281. The number of hydrogen-bond acceptors (Lipinski definition) is 4. The second-order valence-electron chi connectivity index (χ2n) is 4.70. The summed E-state index contributed by atoms with van der Waals surface area (Å²) < 4.78 is 4.74. The number of benzene rings is 1. The number of esters is 1. The average molecular weight is 293 g/mol. The van der Waals surface area contributed by atoms with Gasteiger partial charge in [-0.05, 0) is 18.6 Å². The molecule has 0 bridgehead atoms. The smallest absolute Gasteiger partial charge is 0.308 e. The zero-order chi connectivity index (χ0) is 14.5. The van der Waals surface area contributed by atoms with Crippen LogP contribution in [0.4, 0.5) is 0 Å². The Morgan fingerprint density at radius 3 is 2.85 bits per heavy atom. The first kappa shape index (κ1) is 14.9. The Morgan fingerprint density at radius 1 is 1.40 bits per heavy atom. The summed E-state index contributed by atoms with van der Waals surface area (Å²) >= 11 is 1.57. The Bertz CT molecular complexity index is 504. The van der Waals surface area contributed by atoms with Crippen molar-refractivity contribution in [3.63, 3.8) is 0 Å². The van der Waals surface area contributed by atoms with E-state index < -0.39 is 0 Å². The van der Waals surface area contributed by atoms with Crippen LogP contribution in [0.5, 0.6) is 0 Å². The SMILES string of the molecule is CCCCN1C(=O)c2ccccc2SC1CC(=O)OC. The number of hydrogen-bond donors (Lipinski definition) is 0. The van der Waals surface area contributed by atoms with E-state index in [0.29, 0.717) is 6.54 Å². The van der Waals surface area contributed by atoms with Crippen LogP contribution in [0.15, 0.2) is 29.2 Å². The van der Waals surface area contributed by atoms with Gasteiger partial charge in [-0.2, -0.15) is 0 Å². The molecule has 0 aliphatic carbocycles. The molecule has 1 heterocycles. The van der Waals surface area contributed by atoms with Crippen molar-refractivity contribution in [3.8, 4) is 0 Å². The van der Waals surface area contributed by atoms with Crippen molar-refractivity contribution in [2.75, 3.05) is 13.7 Å². The average Bonchev–Trinajstić information content (AvgIpc) is 2.47. The van der Waals surface area contributed by atoms with Gasteiger partial charge in [-0.3, -0.25) is 9.59 Å². The second-order valence-corrected chi connectivity index (χ2v) is 5.92. The third-order valence-electron chi connectivity index (χ3n) is 3.31. The third kappa shape index (κ3) is 3.15. The number of amides is 1. The monoisotopic (exact) mass is 293 g/mol. The minimum Gasteiger partial charge on any atom is -0.469 e. The summed E-state index contributed by atoms with van der Waals surface area (Å²) in [5.74, 6) is -0.266. The van der Waals surface area contributed by atoms with E-state index in [-0.39, 0.29) is 23.7 Å². The number of thioether (sulfide) groups is 1. The highest BCUT2D eigenvalue weighted by Crippen LogP contribution is 2.37. The highest BCUT2D eigenvalue weighted by Gasteiger charge is 2.33. The van der Waals surface area contributed by atoms with E-state index in [4.69, 9.17) is 4.74 Å².